The number of aliphatic hydroxyl groups is 1. The van der Waals surface area contributed by atoms with Gasteiger partial charge in [-0.2, -0.15) is 9.97 Å². The maximum absolute atomic E-state index is 11.9. The van der Waals surface area contributed by atoms with Crippen LogP contribution in [0.5, 0.6) is 11.8 Å². The molecule has 2 aromatic carbocycles. The van der Waals surface area contributed by atoms with Crippen molar-refractivity contribution in [2.45, 2.75) is 37.1 Å². The van der Waals surface area contributed by atoms with E-state index in [4.69, 9.17) is 59.0 Å². The number of esters is 1. The summed E-state index contributed by atoms with van der Waals surface area (Å²) in [5.74, 6) is 0.213. The van der Waals surface area contributed by atoms with Crippen molar-refractivity contribution in [2.24, 2.45) is 0 Å². The number of hydrogen-bond acceptors (Lipinski definition) is 15. The predicted molar refractivity (Wildman–Crippen MR) is 527 cm³/mol. The lowest BCUT2D eigenvalue weighted by atomic mass is 10.2. The van der Waals surface area contributed by atoms with Crippen LogP contribution in [-0.2, 0) is 487 Å². The Bertz CT molecular complexity index is 5120. The van der Waals surface area contributed by atoms with Crippen LogP contribution in [0.2, 0.25) is 0 Å². The highest BCUT2D eigenvalue weighted by molar-refractivity contribution is 8.81. The van der Waals surface area contributed by atoms with Crippen LogP contribution in [0.15, 0.2) is 83.4 Å². The lowest BCUT2D eigenvalue weighted by molar-refractivity contribution is 0.0519. The van der Waals surface area contributed by atoms with Gasteiger partial charge in [-0.3, -0.25) is 0 Å². The SMILES string of the molecule is CCOC(=O)c1cnc(SC)nc1OCc1ccccc1.CSc1ncc(CO)c(OCc2ccccc2)n1.S=S=S=S=S=S=S=S=S=S=S=S=S=S=S=S=S=S=S=S=S=S=S=S=S.S=S=S=S=S=S=S=S=S=S=S=S=S=S=S=S=S=S=S=S=S=S=S=S=S=S. The van der Waals surface area contributed by atoms with E-state index in [0.717, 1.165) is 11.1 Å². The molecule has 510 valence electrons. The topological polar surface area (TPSA) is 117 Å². The summed E-state index contributed by atoms with van der Waals surface area (Å²) < 4.78 is 16.3. The molecule has 0 saturated carbocycles. The van der Waals surface area contributed by atoms with Gasteiger partial charge in [0.05, 0.1) is 18.8 Å². The van der Waals surface area contributed by atoms with Crippen molar-refractivity contribution in [1.82, 2.24) is 19.9 Å². The first-order valence-corrected chi connectivity index (χ1v) is 87.9. The minimum Gasteiger partial charge on any atom is -0.472 e. The number of thioether (sulfide) groups is 2. The molecular weight excluding hydrogens is 2170 g/mol. The highest BCUT2D eigenvalue weighted by Crippen LogP contribution is 2.22. The monoisotopic (exact) mass is 2200 g/mol. The quantitative estimate of drug-likeness (QED) is 0.122. The third-order valence-corrected chi connectivity index (χ3v) is 107. The second-order valence-corrected chi connectivity index (χ2v) is 95.6. The van der Waals surface area contributed by atoms with Gasteiger partial charge < -0.3 is 19.3 Å². The van der Waals surface area contributed by atoms with E-state index < -0.39 is 5.97 Å². The summed E-state index contributed by atoms with van der Waals surface area (Å²) in [5, 5.41) is 10.4. The standard InChI is InChI=1S/C15H16N2O3S.C13H14N2O2S.S26.S25/c1-3-19-14(18)12-9-16-15(21-2)17-13(12)20-10-11-7-5-4-6-8-11;1-18-13-14-7-11(8-16)12(15-13)17-9-10-5-3-2-4-6-10;1-3-5-7-9-11-13-15-17-19-21-23-25-26-24-22-20-18-16-14-12-10-8-6-4-2;1-3-5-7-9-11-13-15-17-19-21-23-25-24-22-20-18-16-14-12-10-8-6-4-2/h4-9H,3,10H2,1-2H3;2-7,16H,8-9H2,1H3;;. The maximum Gasteiger partial charge on any atom is 0.345 e. The van der Waals surface area contributed by atoms with E-state index in [0.29, 0.717) is 41.6 Å². The Hall–Kier alpha value is 7.55. The van der Waals surface area contributed by atoms with E-state index in [1.54, 1.807) is 262 Å². The smallest absolute Gasteiger partial charge is 0.345 e. The van der Waals surface area contributed by atoms with Crippen molar-refractivity contribution >= 4 is 492 Å². The zero-order valence-corrected chi connectivity index (χ0v) is 86.0. The Morgan fingerprint density at radius 3 is 0.900 bits per heavy atom. The number of carbonyl (C=O) groups is 1. The average molecular weight is 2200 g/mol. The second kappa shape index (κ2) is 77.6. The van der Waals surface area contributed by atoms with Gasteiger partial charge in [0.1, 0.15) is 18.8 Å². The van der Waals surface area contributed by atoms with Crippen molar-refractivity contribution in [3.8, 4) is 11.8 Å². The highest BCUT2D eigenvalue weighted by atomic mass is 33.5. The molecule has 2 heterocycles. The Kier molecular flexibility index (Phi) is 82.4. The average Bonchev–Trinajstić information content (AvgIpc) is 3.26. The molecule has 62 heteroatoms. The molecule has 0 saturated heterocycles. The van der Waals surface area contributed by atoms with Gasteiger partial charge in [0.25, 0.3) is 0 Å². The first kappa shape index (κ1) is 95.6. The molecule has 0 aliphatic carbocycles. The Morgan fingerprint density at radius 1 is 0.389 bits per heavy atom. The van der Waals surface area contributed by atoms with E-state index in [1.165, 1.54) is 65.2 Å². The molecule has 4 aromatic rings. The van der Waals surface area contributed by atoms with E-state index in [9.17, 15) is 9.90 Å². The van der Waals surface area contributed by atoms with Crippen LogP contribution in [0.3, 0.4) is 0 Å². The van der Waals surface area contributed by atoms with Gasteiger partial charge in [-0.1, -0.05) is 84.2 Å². The van der Waals surface area contributed by atoms with Crippen LogP contribution in [0, 0.1) is 0 Å². The number of nitrogens with zero attached hydrogens (tertiary/aromatic N) is 4. The highest BCUT2D eigenvalue weighted by Gasteiger charge is 2.17. The third kappa shape index (κ3) is 61.8. The molecule has 0 unspecified atom stereocenters. The minimum atomic E-state index is -0.479. The first-order chi connectivity index (χ1) is 44.4. The normalized spacial score (nSPS) is 8.71. The van der Waals surface area contributed by atoms with Gasteiger partial charge in [-0.15, -0.1) is 0 Å². The van der Waals surface area contributed by atoms with Crippen LogP contribution in [-0.4, -0.2) is 50.1 Å². The van der Waals surface area contributed by atoms with E-state index in [1.807, 2.05) is 206 Å². The van der Waals surface area contributed by atoms with Crippen molar-refractivity contribution in [3.05, 3.63) is 95.3 Å². The molecule has 9 nitrogen and oxygen atoms in total. The molecule has 90 heavy (non-hydrogen) atoms. The van der Waals surface area contributed by atoms with E-state index >= 15 is 0 Å². The Morgan fingerprint density at radius 2 is 0.644 bits per heavy atom. The maximum atomic E-state index is 11.9. The Labute approximate surface area is 683 Å². The minimum absolute atomic E-state index is 0.126. The molecule has 0 radical (unpaired) electrons. The third-order valence-electron chi connectivity index (χ3n) is 6.25. The lowest BCUT2D eigenvalue weighted by Gasteiger charge is -2.10. The summed E-state index contributed by atoms with van der Waals surface area (Å²) in [7, 11) is 81.7. The summed E-state index contributed by atoms with van der Waals surface area (Å²) in [5.41, 5.74) is 2.90. The first-order valence-electron chi connectivity index (χ1n) is 20.2. The number of ether oxygens (including phenoxy) is 3. The van der Waals surface area contributed by atoms with Crippen LogP contribution < -0.4 is 9.47 Å². The molecule has 0 amide bonds. The van der Waals surface area contributed by atoms with Gasteiger partial charge in [0.2, 0.25) is 11.8 Å². The summed E-state index contributed by atoms with van der Waals surface area (Å²) in [6.45, 7) is 2.68. The molecule has 1 N–H and O–H groups in total. The molecule has 0 atom stereocenters. The molecule has 0 aliphatic heterocycles. The Balaban J connectivity index is 0.000000604. The molecule has 0 fully saturated rings. The zero-order chi connectivity index (χ0) is 65.1. The van der Waals surface area contributed by atoms with Gasteiger partial charge in [-0.05, 0) is 30.6 Å². The van der Waals surface area contributed by atoms with Crippen molar-refractivity contribution in [1.29, 1.82) is 0 Å². The molecule has 2 aromatic heterocycles. The number of carbonyl (C=O) groups excluding carboxylic acids is 1. The summed E-state index contributed by atoms with van der Waals surface area (Å²) >= 11 is 21.9. The van der Waals surface area contributed by atoms with Crippen molar-refractivity contribution < 1.29 is 24.1 Å². The van der Waals surface area contributed by atoms with Crippen molar-refractivity contribution in [2.75, 3.05) is 19.1 Å². The lowest BCUT2D eigenvalue weighted by Crippen LogP contribution is -2.10. The number of benzene rings is 2. The fourth-order valence-corrected chi connectivity index (χ4v) is 122. The van der Waals surface area contributed by atoms with E-state index in [-0.39, 0.29) is 18.1 Å². The van der Waals surface area contributed by atoms with Crippen LogP contribution >= 0.6 is 23.5 Å². The van der Waals surface area contributed by atoms with Gasteiger partial charge in [0, 0.05) is 475 Å². The molecule has 0 aliphatic rings. The largest absolute Gasteiger partial charge is 0.472 e. The zero-order valence-electron chi connectivity index (χ0n) is 42.8. The number of rotatable bonds is 11. The van der Waals surface area contributed by atoms with Crippen LogP contribution in [0.4, 0.5) is 0 Å². The van der Waals surface area contributed by atoms with Gasteiger partial charge in [0.15, 0.2) is 10.3 Å². The van der Waals surface area contributed by atoms with Crippen LogP contribution in [0.25, 0.3) is 0 Å². The molecule has 4 rings (SSSR count). The summed E-state index contributed by atoms with van der Waals surface area (Å²) in [6.07, 6.45) is 6.80. The van der Waals surface area contributed by atoms with Gasteiger partial charge >= 0.3 is 5.97 Å². The number of aromatic nitrogens is 4. The van der Waals surface area contributed by atoms with E-state index in [2.05, 4.69) is 19.9 Å². The predicted octanol–water partition coefficient (Wildman–Crippen LogP) is 5.10. The molecular formula is C28H30N4O5S53. The fourth-order valence-electron chi connectivity index (χ4n) is 3.56. The second-order valence-electron chi connectivity index (χ2n) is 10.9. The summed E-state index contributed by atoms with van der Waals surface area (Å²) in [6, 6.07) is 19.5. The number of aliphatic hydroxyl groups excluding tert-OH is 1. The summed E-state index contributed by atoms with van der Waals surface area (Å²) in [4.78, 5) is 28.6. The number of hydrogen-bond donors (Lipinski definition) is 1. The van der Waals surface area contributed by atoms with Crippen LogP contribution in [0.1, 0.15) is 34.0 Å². The fraction of sp³-hybridized carbons (Fsp3) is 0.250. The molecule has 0 bridgehead atoms. The van der Waals surface area contributed by atoms with Crippen molar-refractivity contribution in [3.63, 3.8) is 0 Å². The van der Waals surface area contributed by atoms with Gasteiger partial charge in [-0.25, -0.2) is 14.8 Å². The molecule has 0 spiro atoms.